The number of ether oxygens (including phenoxy) is 1. The van der Waals surface area contributed by atoms with Gasteiger partial charge in [-0.15, -0.1) is 0 Å². The van der Waals surface area contributed by atoms with E-state index in [1.54, 1.807) is 0 Å². The Morgan fingerprint density at radius 1 is 1.12 bits per heavy atom. The molecule has 0 heterocycles. The van der Waals surface area contributed by atoms with E-state index in [-0.39, 0.29) is 5.60 Å². The molecule has 0 amide bonds. The largest absolute Gasteiger partial charge is 0.378 e. The van der Waals surface area contributed by atoms with Crippen molar-refractivity contribution in [2.75, 3.05) is 7.11 Å². The van der Waals surface area contributed by atoms with E-state index in [1.807, 2.05) is 7.11 Å². The number of rotatable bonds is 3. The van der Waals surface area contributed by atoms with Gasteiger partial charge in [-0.25, -0.2) is 0 Å². The summed E-state index contributed by atoms with van der Waals surface area (Å²) in [5, 5.41) is 3.87. The highest BCUT2D eigenvalue weighted by Gasteiger charge is 2.57. The topological polar surface area (TPSA) is 21.3 Å². The maximum atomic E-state index is 5.92. The average Bonchev–Trinajstić information content (AvgIpc) is 2.13. The minimum atomic E-state index is 0.228. The van der Waals surface area contributed by atoms with Gasteiger partial charge in [0.15, 0.2) is 0 Å². The van der Waals surface area contributed by atoms with Gasteiger partial charge in [0, 0.05) is 18.7 Å². The van der Waals surface area contributed by atoms with E-state index in [9.17, 15) is 0 Å². The molecule has 1 N–H and O–H groups in total. The van der Waals surface area contributed by atoms with Gasteiger partial charge in [0.1, 0.15) is 0 Å². The molecule has 0 aromatic heterocycles. The van der Waals surface area contributed by atoms with Crippen LogP contribution >= 0.6 is 0 Å². The molecule has 0 spiro atoms. The Hall–Kier alpha value is -0.0800. The predicted molar refractivity (Wildman–Crippen MR) is 65.4 cm³/mol. The van der Waals surface area contributed by atoms with Crippen LogP contribution in [0.3, 0.4) is 0 Å². The van der Waals surface area contributed by atoms with Gasteiger partial charge >= 0.3 is 0 Å². The van der Waals surface area contributed by atoms with Crippen LogP contribution in [-0.4, -0.2) is 24.3 Å². The normalized spacial score (nSPS) is 50.2. The molecule has 4 aliphatic rings. The molecule has 2 heteroatoms. The van der Waals surface area contributed by atoms with E-state index in [2.05, 4.69) is 19.2 Å². The van der Waals surface area contributed by atoms with Crippen LogP contribution in [0.5, 0.6) is 0 Å². The second kappa shape index (κ2) is 3.46. The molecule has 4 aliphatic carbocycles. The van der Waals surface area contributed by atoms with E-state index < -0.39 is 0 Å². The van der Waals surface area contributed by atoms with Crippen molar-refractivity contribution in [2.45, 2.75) is 69.6 Å². The lowest BCUT2D eigenvalue weighted by Crippen LogP contribution is -2.66. The van der Waals surface area contributed by atoms with Crippen LogP contribution in [0.1, 0.15) is 52.4 Å². The van der Waals surface area contributed by atoms with Gasteiger partial charge < -0.3 is 10.1 Å². The second-order valence-electron chi connectivity index (χ2n) is 6.93. The molecule has 4 rings (SSSR count). The highest BCUT2D eigenvalue weighted by atomic mass is 16.5. The third kappa shape index (κ3) is 1.62. The zero-order valence-corrected chi connectivity index (χ0v) is 10.9. The second-order valence-corrected chi connectivity index (χ2v) is 6.93. The third-order valence-electron chi connectivity index (χ3n) is 5.04. The van der Waals surface area contributed by atoms with Crippen molar-refractivity contribution in [2.24, 2.45) is 11.8 Å². The Bertz CT molecular complexity index is 267. The molecule has 4 bridgehead atoms. The van der Waals surface area contributed by atoms with Gasteiger partial charge in [-0.2, -0.15) is 0 Å². The minimum Gasteiger partial charge on any atom is -0.378 e. The fraction of sp³-hybridized carbons (Fsp3) is 1.00. The Morgan fingerprint density at radius 3 is 2.25 bits per heavy atom. The highest BCUT2D eigenvalue weighted by molar-refractivity contribution is 5.13. The number of nitrogens with one attached hydrogen (secondary N) is 1. The Balaban J connectivity index is 1.86. The minimum absolute atomic E-state index is 0.228. The van der Waals surface area contributed by atoms with Crippen LogP contribution in [0.25, 0.3) is 0 Å². The molecule has 0 aromatic rings. The first kappa shape index (κ1) is 11.0. The summed E-state index contributed by atoms with van der Waals surface area (Å²) in [6, 6.07) is 0.602. The van der Waals surface area contributed by atoms with Crippen molar-refractivity contribution in [3.63, 3.8) is 0 Å². The molecule has 4 saturated carbocycles. The van der Waals surface area contributed by atoms with Crippen LogP contribution in [-0.2, 0) is 4.74 Å². The smallest absolute Gasteiger partial charge is 0.0701 e. The number of hydrogen-bond donors (Lipinski definition) is 1. The van der Waals surface area contributed by atoms with E-state index in [1.165, 1.54) is 38.5 Å². The molecule has 0 aromatic carbocycles. The van der Waals surface area contributed by atoms with Crippen molar-refractivity contribution in [3.8, 4) is 0 Å². The van der Waals surface area contributed by atoms with Crippen LogP contribution in [0, 0.1) is 11.8 Å². The van der Waals surface area contributed by atoms with E-state index in [4.69, 9.17) is 4.74 Å². The van der Waals surface area contributed by atoms with Gasteiger partial charge in [0.2, 0.25) is 0 Å². The van der Waals surface area contributed by atoms with Crippen molar-refractivity contribution in [3.05, 3.63) is 0 Å². The molecule has 0 saturated heterocycles. The molecule has 4 fully saturated rings. The van der Waals surface area contributed by atoms with Gasteiger partial charge in [0.05, 0.1) is 5.60 Å². The standard InChI is InChI=1S/C14H25NO/c1-10(2)15-13-5-11-4-12(6-13)8-14(7-11,9-13)16-3/h10-12,15H,4-9H2,1-3H3. The zero-order chi connectivity index (χ0) is 11.4. The lowest BCUT2D eigenvalue weighted by molar-refractivity contribution is -0.162. The first-order valence-electron chi connectivity index (χ1n) is 6.88. The first-order chi connectivity index (χ1) is 7.55. The van der Waals surface area contributed by atoms with Gasteiger partial charge in [-0.3, -0.25) is 0 Å². The first-order valence-corrected chi connectivity index (χ1v) is 6.88. The summed E-state index contributed by atoms with van der Waals surface area (Å²) in [4.78, 5) is 0. The lowest BCUT2D eigenvalue weighted by Gasteiger charge is -2.62. The van der Waals surface area contributed by atoms with Gasteiger partial charge in [-0.05, 0) is 50.4 Å². The summed E-state index contributed by atoms with van der Waals surface area (Å²) in [6.45, 7) is 4.55. The van der Waals surface area contributed by atoms with Gasteiger partial charge in [-0.1, -0.05) is 13.8 Å². The summed E-state index contributed by atoms with van der Waals surface area (Å²) >= 11 is 0. The van der Waals surface area contributed by atoms with E-state index >= 15 is 0 Å². The molecule has 16 heavy (non-hydrogen) atoms. The third-order valence-corrected chi connectivity index (χ3v) is 5.04. The summed E-state index contributed by atoms with van der Waals surface area (Å²) in [6.07, 6.45) is 8.15. The van der Waals surface area contributed by atoms with Crippen LogP contribution in [0.15, 0.2) is 0 Å². The Labute approximate surface area is 99.1 Å². The summed E-state index contributed by atoms with van der Waals surface area (Å²) in [7, 11) is 1.93. The van der Waals surface area contributed by atoms with Crippen LogP contribution < -0.4 is 5.32 Å². The monoisotopic (exact) mass is 223 g/mol. The van der Waals surface area contributed by atoms with Crippen molar-refractivity contribution in [1.82, 2.24) is 5.32 Å². The van der Waals surface area contributed by atoms with Crippen molar-refractivity contribution >= 4 is 0 Å². The molecule has 2 unspecified atom stereocenters. The van der Waals surface area contributed by atoms with E-state index in [0.29, 0.717) is 11.6 Å². The fourth-order valence-electron chi connectivity index (χ4n) is 5.20. The lowest BCUT2D eigenvalue weighted by atomic mass is 9.51. The molecule has 92 valence electrons. The molecular formula is C14H25NO. The quantitative estimate of drug-likeness (QED) is 0.794. The molecule has 0 aliphatic heterocycles. The van der Waals surface area contributed by atoms with E-state index in [0.717, 1.165) is 11.8 Å². The summed E-state index contributed by atoms with van der Waals surface area (Å²) in [5.41, 5.74) is 0.639. The number of methoxy groups -OCH3 is 1. The SMILES string of the molecule is COC12CC3CC(CC(NC(C)C)(C3)C1)C2. The zero-order valence-electron chi connectivity index (χ0n) is 10.9. The maximum Gasteiger partial charge on any atom is 0.0701 e. The summed E-state index contributed by atoms with van der Waals surface area (Å²) < 4.78 is 5.92. The van der Waals surface area contributed by atoms with Crippen LogP contribution in [0.4, 0.5) is 0 Å². The predicted octanol–water partition coefficient (Wildman–Crippen LogP) is 2.72. The Kier molecular flexibility index (Phi) is 2.38. The Morgan fingerprint density at radius 2 is 1.75 bits per heavy atom. The molecular weight excluding hydrogens is 198 g/mol. The number of hydrogen-bond acceptors (Lipinski definition) is 2. The van der Waals surface area contributed by atoms with Crippen molar-refractivity contribution in [1.29, 1.82) is 0 Å². The fourth-order valence-corrected chi connectivity index (χ4v) is 5.20. The van der Waals surface area contributed by atoms with Crippen molar-refractivity contribution < 1.29 is 4.74 Å². The molecule has 0 radical (unpaired) electrons. The van der Waals surface area contributed by atoms with Gasteiger partial charge in [0.25, 0.3) is 0 Å². The highest BCUT2D eigenvalue weighted by Crippen LogP contribution is 2.58. The van der Waals surface area contributed by atoms with Crippen LogP contribution in [0.2, 0.25) is 0 Å². The molecule has 2 atom stereocenters. The average molecular weight is 223 g/mol. The molecule has 2 nitrogen and oxygen atoms in total. The summed E-state index contributed by atoms with van der Waals surface area (Å²) in [5.74, 6) is 1.85. The maximum absolute atomic E-state index is 5.92.